The summed E-state index contributed by atoms with van der Waals surface area (Å²) in [7, 11) is 0. The van der Waals surface area contributed by atoms with E-state index in [2.05, 4.69) is 133 Å². The van der Waals surface area contributed by atoms with Gasteiger partial charge in [-0.1, -0.05) is 146 Å². The molecule has 0 radical (unpaired) electrons. The van der Waals surface area contributed by atoms with Gasteiger partial charge < -0.3 is 0 Å². The van der Waals surface area contributed by atoms with E-state index in [0.29, 0.717) is 0 Å². The Hall–Kier alpha value is -6.78. The standard InChI is InChI=1S/C46H28N4/c1-3-9-29(10-4-1)38-26-22-33-19-20-34-23-28-40(48-44(34)43(33)47-38)31-15-17-32(18-16-31)42-36-13-7-8-14-41(36)50-46-37(42)25-21-35-24-27-39(49-45(35)46)30-11-5-2-6-12-30/h1-28H. The molecule has 4 aromatic heterocycles. The first-order chi connectivity index (χ1) is 24.8. The molecular weight excluding hydrogens is 609 g/mol. The van der Waals surface area contributed by atoms with E-state index in [1.54, 1.807) is 0 Å². The first kappa shape index (κ1) is 28.3. The number of rotatable bonds is 4. The van der Waals surface area contributed by atoms with Crippen molar-refractivity contribution in [3.05, 3.63) is 170 Å². The number of hydrogen-bond donors (Lipinski definition) is 0. The normalized spacial score (nSPS) is 11.6. The van der Waals surface area contributed by atoms with Crippen molar-refractivity contribution < 1.29 is 0 Å². The minimum absolute atomic E-state index is 0.905. The van der Waals surface area contributed by atoms with Crippen LogP contribution in [-0.4, -0.2) is 19.9 Å². The molecule has 4 heterocycles. The van der Waals surface area contributed by atoms with E-state index < -0.39 is 0 Å². The number of hydrogen-bond acceptors (Lipinski definition) is 4. The van der Waals surface area contributed by atoms with Crippen LogP contribution in [0.3, 0.4) is 0 Å². The molecule has 0 saturated carbocycles. The highest BCUT2D eigenvalue weighted by Crippen LogP contribution is 2.38. The highest BCUT2D eigenvalue weighted by Gasteiger charge is 2.16. The number of benzene rings is 6. The Balaban J connectivity index is 1.11. The van der Waals surface area contributed by atoms with Gasteiger partial charge in [0, 0.05) is 49.2 Å². The fraction of sp³-hybridized carbons (Fsp3) is 0. The Kier molecular flexibility index (Phi) is 6.46. The topological polar surface area (TPSA) is 51.6 Å². The predicted octanol–water partition coefficient (Wildman–Crippen LogP) is 11.7. The molecule has 0 atom stereocenters. The lowest BCUT2D eigenvalue weighted by Gasteiger charge is -2.14. The summed E-state index contributed by atoms with van der Waals surface area (Å²) in [5.74, 6) is 0. The lowest BCUT2D eigenvalue weighted by molar-refractivity contribution is 1.36. The average Bonchev–Trinajstić information content (AvgIpc) is 3.20. The molecule has 6 aromatic carbocycles. The monoisotopic (exact) mass is 636 g/mol. The van der Waals surface area contributed by atoms with Crippen molar-refractivity contribution in [2.24, 2.45) is 0 Å². The van der Waals surface area contributed by atoms with Gasteiger partial charge in [0.25, 0.3) is 0 Å². The maximum absolute atomic E-state index is 5.20. The SMILES string of the molecule is c1ccc(-c2ccc3ccc4ccc(-c5ccc(-c6c7ccccc7nc7c6ccc6ccc(-c8ccccc8)nc67)cc5)nc4c3n2)cc1. The van der Waals surface area contributed by atoms with Crippen molar-refractivity contribution in [2.75, 3.05) is 0 Å². The van der Waals surface area contributed by atoms with Crippen LogP contribution in [-0.2, 0) is 0 Å². The maximum atomic E-state index is 5.20. The third kappa shape index (κ3) is 4.69. The summed E-state index contributed by atoms with van der Waals surface area (Å²) >= 11 is 0. The summed E-state index contributed by atoms with van der Waals surface area (Å²) in [5, 5.41) is 5.41. The van der Waals surface area contributed by atoms with Crippen molar-refractivity contribution in [1.82, 2.24) is 19.9 Å². The van der Waals surface area contributed by atoms with Crippen LogP contribution < -0.4 is 0 Å². The number of pyridine rings is 4. The molecule has 0 fully saturated rings. The molecule has 50 heavy (non-hydrogen) atoms. The molecule has 0 aliphatic heterocycles. The molecule has 4 heteroatoms. The van der Waals surface area contributed by atoms with Crippen LogP contribution >= 0.6 is 0 Å². The van der Waals surface area contributed by atoms with Crippen LogP contribution in [0, 0.1) is 0 Å². The highest BCUT2D eigenvalue weighted by atomic mass is 14.8. The van der Waals surface area contributed by atoms with E-state index in [1.807, 2.05) is 36.4 Å². The quantitative estimate of drug-likeness (QED) is 0.142. The van der Waals surface area contributed by atoms with Gasteiger partial charge in [-0.3, -0.25) is 0 Å². The molecule has 0 amide bonds. The van der Waals surface area contributed by atoms with Crippen molar-refractivity contribution in [2.45, 2.75) is 0 Å². The van der Waals surface area contributed by atoms with Crippen LogP contribution in [0.2, 0.25) is 0 Å². The molecule has 0 unspecified atom stereocenters. The van der Waals surface area contributed by atoms with Gasteiger partial charge in [-0.25, -0.2) is 19.9 Å². The van der Waals surface area contributed by atoms with Crippen molar-refractivity contribution in [3.63, 3.8) is 0 Å². The van der Waals surface area contributed by atoms with E-state index in [9.17, 15) is 0 Å². The van der Waals surface area contributed by atoms with Crippen LogP contribution in [0.15, 0.2) is 170 Å². The van der Waals surface area contributed by atoms with Gasteiger partial charge in [0.05, 0.1) is 44.7 Å². The van der Waals surface area contributed by atoms with Gasteiger partial charge >= 0.3 is 0 Å². The summed E-state index contributed by atoms with van der Waals surface area (Å²) in [6.07, 6.45) is 0. The summed E-state index contributed by atoms with van der Waals surface area (Å²) < 4.78 is 0. The van der Waals surface area contributed by atoms with Crippen LogP contribution in [0.1, 0.15) is 0 Å². The zero-order valence-corrected chi connectivity index (χ0v) is 27.0. The average molecular weight is 637 g/mol. The zero-order valence-electron chi connectivity index (χ0n) is 27.0. The summed E-state index contributed by atoms with van der Waals surface area (Å²) in [5.41, 5.74) is 12.9. The first-order valence-corrected chi connectivity index (χ1v) is 16.8. The Labute approximate surface area is 288 Å². The van der Waals surface area contributed by atoms with E-state index in [4.69, 9.17) is 19.9 Å². The van der Waals surface area contributed by atoms with Gasteiger partial charge in [0.1, 0.15) is 0 Å². The van der Waals surface area contributed by atoms with Crippen LogP contribution in [0.25, 0.3) is 99.4 Å². The van der Waals surface area contributed by atoms with Crippen LogP contribution in [0.5, 0.6) is 0 Å². The Bertz CT molecular complexity index is 2900. The van der Waals surface area contributed by atoms with E-state index in [-0.39, 0.29) is 0 Å². The smallest absolute Gasteiger partial charge is 0.0978 e. The number of fused-ring (bicyclic) bond motifs is 7. The first-order valence-electron chi connectivity index (χ1n) is 16.8. The second-order valence-electron chi connectivity index (χ2n) is 12.6. The molecule has 0 aliphatic carbocycles. The van der Waals surface area contributed by atoms with E-state index in [0.717, 1.165) is 99.4 Å². The molecular formula is C46H28N4. The van der Waals surface area contributed by atoms with Gasteiger partial charge in [-0.15, -0.1) is 0 Å². The molecule has 4 nitrogen and oxygen atoms in total. The third-order valence-electron chi connectivity index (χ3n) is 9.64. The van der Waals surface area contributed by atoms with Gasteiger partial charge in [0.15, 0.2) is 0 Å². The lowest BCUT2D eigenvalue weighted by Crippen LogP contribution is -1.93. The van der Waals surface area contributed by atoms with Crippen molar-refractivity contribution in [1.29, 1.82) is 0 Å². The number of nitrogens with zero attached hydrogens (tertiary/aromatic N) is 4. The third-order valence-corrected chi connectivity index (χ3v) is 9.64. The van der Waals surface area contributed by atoms with Gasteiger partial charge in [0.2, 0.25) is 0 Å². The number of para-hydroxylation sites is 1. The minimum Gasteiger partial charge on any atom is -0.245 e. The van der Waals surface area contributed by atoms with Gasteiger partial charge in [-0.2, -0.15) is 0 Å². The molecule has 0 spiro atoms. The molecule has 0 N–H and O–H groups in total. The summed E-state index contributed by atoms with van der Waals surface area (Å²) in [6.45, 7) is 0. The minimum atomic E-state index is 0.905. The largest absolute Gasteiger partial charge is 0.245 e. The van der Waals surface area contributed by atoms with E-state index >= 15 is 0 Å². The fourth-order valence-electron chi connectivity index (χ4n) is 7.12. The van der Waals surface area contributed by atoms with Crippen LogP contribution in [0.4, 0.5) is 0 Å². The molecule has 0 saturated heterocycles. The molecule has 10 aromatic rings. The van der Waals surface area contributed by atoms with Gasteiger partial charge in [-0.05, 0) is 29.8 Å². The Morgan fingerprint density at radius 1 is 0.260 bits per heavy atom. The molecule has 10 rings (SSSR count). The fourth-order valence-corrected chi connectivity index (χ4v) is 7.12. The predicted molar refractivity (Wildman–Crippen MR) is 207 cm³/mol. The summed E-state index contributed by atoms with van der Waals surface area (Å²) in [4.78, 5) is 20.6. The molecule has 0 aliphatic rings. The molecule has 0 bridgehead atoms. The second-order valence-corrected chi connectivity index (χ2v) is 12.6. The second kappa shape index (κ2) is 11.4. The van der Waals surface area contributed by atoms with Crippen molar-refractivity contribution in [3.8, 4) is 44.9 Å². The Morgan fingerprint density at radius 3 is 1.24 bits per heavy atom. The van der Waals surface area contributed by atoms with Crippen molar-refractivity contribution >= 4 is 54.5 Å². The number of aromatic nitrogens is 4. The maximum Gasteiger partial charge on any atom is 0.0978 e. The highest BCUT2D eigenvalue weighted by molar-refractivity contribution is 6.16. The Morgan fingerprint density at radius 2 is 0.680 bits per heavy atom. The lowest BCUT2D eigenvalue weighted by atomic mass is 9.94. The molecule has 232 valence electrons. The summed E-state index contributed by atoms with van der Waals surface area (Å²) in [6, 6.07) is 59.1. The zero-order chi connectivity index (χ0) is 33.0. The van der Waals surface area contributed by atoms with E-state index in [1.165, 1.54) is 0 Å².